The van der Waals surface area contributed by atoms with Crippen molar-refractivity contribution in [2.24, 2.45) is 0 Å². The van der Waals surface area contributed by atoms with Gasteiger partial charge in [0.05, 0.1) is 5.97 Å². The second-order valence-corrected chi connectivity index (χ2v) is 5.25. The number of carbonyl (C=O) groups excluding carboxylic acids is 1. The van der Waals surface area contributed by atoms with Crippen LogP contribution < -0.4 is 5.11 Å². The predicted octanol–water partition coefficient (Wildman–Crippen LogP) is 0.648. The van der Waals surface area contributed by atoms with Gasteiger partial charge < -0.3 is 9.90 Å². The molecule has 0 saturated heterocycles. The normalized spacial score (nSPS) is 8.79. The first-order valence-corrected chi connectivity index (χ1v) is 8.15. The van der Waals surface area contributed by atoms with Crippen LogP contribution in [0.1, 0.15) is 10.4 Å². The molecule has 0 aliphatic rings. The van der Waals surface area contributed by atoms with Crippen molar-refractivity contribution in [3.8, 4) is 0 Å². The Labute approximate surface area is 100 Å². The first-order chi connectivity index (χ1) is 6.72. The SMILES string of the molecule is COC[CH2][Hg+].O=C([O-])c1ccccc1. The molecule has 4 heteroatoms. The number of carboxylic acids is 1. The van der Waals surface area contributed by atoms with E-state index < -0.39 is 5.97 Å². The molecule has 3 nitrogen and oxygen atoms in total. The average molecular weight is 381 g/mol. The van der Waals surface area contributed by atoms with Gasteiger partial charge in [-0.15, -0.1) is 0 Å². The Morgan fingerprint density at radius 3 is 2.21 bits per heavy atom. The molecule has 0 aromatic heterocycles. The topological polar surface area (TPSA) is 49.4 Å². The summed E-state index contributed by atoms with van der Waals surface area (Å²) in [5, 5.41) is 10.1. The molecule has 14 heavy (non-hydrogen) atoms. The van der Waals surface area contributed by atoms with Crippen LogP contribution in [-0.2, 0) is 30.9 Å². The summed E-state index contributed by atoms with van der Waals surface area (Å²) in [5.74, 6) is -1.13. The summed E-state index contributed by atoms with van der Waals surface area (Å²) in [4.78, 5) is 10.1. The summed E-state index contributed by atoms with van der Waals surface area (Å²) in [6.07, 6.45) is 0. The zero-order valence-electron chi connectivity index (χ0n) is 8.23. The summed E-state index contributed by atoms with van der Waals surface area (Å²) in [5.41, 5.74) is 0.220. The van der Waals surface area contributed by atoms with Crippen LogP contribution in [-0.4, -0.2) is 19.7 Å². The van der Waals surface area contributed by atoms with E-state index in [1.165, 1.54) is 16.1 Å². The molecule has 0 saturated carbocycles. The number of carboxylic acid groups (broad SMARTS) is 1. The fraction of sp³-hybridized carbons (Fsp3) is 0.300. The predicted molar refractivity (Wildman–Crippen MR) is 47.5 cm³/mol. The molecule has 72 valence electrons. The van der Waals surface area contributed by atoms with Gasteiger partial charge in [-0.25, -0.2) is 0 Å². The molecule has 0 spiro atoms. The molecular formula is C10H12HgO3. The van der Waals surface area contributed by atoms with Crippen LogP contribution in [0.4, 0.5) is 0 Å². The van der Waals surface area contributed by atoms with Crippen molar-refractivity contribution in [1.82, 2.24) is 0 Å². The van der Waals surface area contributed by atoms with E-state index in [0.717, 1.165) is 32.7 Å². The van der Waals surface area contributed by atoms with E-state index in [-0.39, 0.29) is 5.56 Å². The maximum atomic E-state index is 10.1. The molecular weight excluding hydrogens is 369 g/mol. The maximum absolute atomic E-state index is 10.1. The summed E-state index contributed by atoms with van der Waals surface area (Å²) in [6, 6.07) is 8.06. The molecule has 0 amide bonds. The molecule has 0 heterocycles. The number of aromatic carboxylic acids is 1. The first-order valence-electron chi connectivity index (χ1n) is 4.27. The van der Waals surface area contributed by atoms with E-state index in [9.17, 15) is 9.90 Å². The largest absolute Gasteiger partial charge is 0.545 e. The van der Waals surface area contributed by atoms with Gasteiger partial charge in [0.15, 0.2) is 0 Å². The Bertz CT molecular complexity index is 247. The van der Waals surface area contributed by atoms with Gasteiger partial charge >= 0.3 is 48.5 Å². The molecule has 0 bridgehead atoms. The van der Waals surface area contributed by atoms with Crippen LogP contribution in [0, 0.1) is 0 Å². The number of rotatable bonds is 3. The zero-order valence-corrected chi connectivity index (χ0v) is 13.7. The standard InChI is InChI=1S/C7H6O2.C3H7O.Hg/c8-7(9)6-4-2-1-3-5-6;1-3-4-2;/h1-5H,(H,8,9);1,3H2,2H3;/q;;+1/p-1. The Morgan fingerprint density at radius 2 is 2.00 bits per heavy atom. The Balaban J connectivity index is 0.000000292. The second kappa shape index (κ2) is 9.15. The van der Waals surface area contributed by atoms with E-state index in [2.05, 4.69) is 0 Å². The minimum atomic E-state index is -1.13. The smallest absolute Gasteiger partial charge is 0.0715 e. The van der Waals surface area contributed by atoms with Gasteiger partial charge in [0.2, 0.25) is 0 Å². The maximum Gasteiger partial charge on any atom is 0.0715 e. The number of ether oxygens (including phenoxy) is 1. The number of methoxy groups -OCH3 is 1. The molecule has 1 rings (SSSR count). The Morgan fingerprint density at radius 1 is 1.43 bits per heavy atom. The van der Waals surface area contributed by atoms with E-state index in [1.807, 2.05) is 0 Å². The van der Waals surface area contributed by atoms with Crippen molar-refractivity contribution < 1.29 is 40.8 Å². The molecule has 1 aromatic rings. The van der Waals surface area contributed by atoms with E-state index in [0.29, 0.717) is 0 Å². The minimum Gasteiger partial charge on any atom is -0.545 e. The van der Waals surface area contributed by atoms with Gasteiger partial charge in [0.1, 0.15) is 0 Å². The number of hydrogen-bond acceptors (Lipinski definition) is 3. The summed E-state index contributed by atoms with van der Waals surface area (Å²) in [6.45, 7) is 0.975. The van der Waals surface area contributed by atoms with Crippen molar-refractivity contribution in [1.29, 1.82) is 0 Å². The first kappa shape index (κ1) is 13.6. The molecule has 0 atom stereocenters. The van der Waals surface area contributed by atoms with E-state index in [1.54, 1.807) is 25.3 Å². The third-order valence-electron chi connectivity index (χ3n) is 1.36. The summed E-state index contributed by atoms with van der Waals surface area (Å²) >= 11 is 0.948. The summed E-state index contributed by atoms with van der Waals surface area (Å²) in [7, 11) is 1.74. The van der Waals surface area contributed by atoms with Gasteiger partial charge in [0.25, 0.3) is 0 Å². The van der Waals surface area contributed by atoms with Crippen LogP contribution in [0.5, 0.6) is 0 Å². The quantitative estimate of drug-likeness (QED) is 0.723. The molecule has 1 aromatic carbocycles. The molecule has 0 fully saturated rings. The summed E-state index contributed by atoms with van der Waals surface area (Å²) < 4.78 is 6.06. The molecule has 0 unspecified atom stereocenters. The zero-order chi connectivity index (χ0) is 10.8. The van der Waals surface area contributed by atoms with Crippen molar-refractivity contribution in [2.45, 2.75) is 3.93 Å². The van der Waals surface area contributed by atoms with Gasteiger partial charge in [-0.3, -0.25) is 0 Å². The molecule has 0 radical (unpaired) electrons. The fourth-order valence-corrected chi connectivity index (χ4v) is 1.84. The number of carbonyl (C=O) groups is 1. The molecule has 0 aliphatic carbocycles. The minimum absolute atomic E-state index is 0.220. The van der Waals surface area contributed by atoms with Gasteiger partial charge in [-0.1, -0.05) is 30.3 Å². The van der Waals surface area contributed by atoms with Crippen molar-refractivity contribution in [3.63, 3.8) is 0 Å². The molecule has 0 aliphatic heterocycles. The molecule has 0 N–H and O–H groups in total. The second-order valence-electron chi connectivity index (χ2n) is 2.50. The third kappa shape index (κ3) is 7.03. The van der Waals surface area contributed by atoms with E-state index in [4.69, 9.17) is 4.74 Å². The van der Waals surface area contributed by atoms with Crippen LogP contribution in [0.25, 0.3) is 0 Å². The van der Waals surface area contributed by atoms with Crippen LogP contribution in [0.3, 0.4) is 0 Å². The fourth-order valence-electron chi connectivity index (χ4n) is 0.719. The Kier molecular flexibility index (Phi) is 8.88. The monoisotopic (exact) mass is 382 g/mol. The number of hydrogen-bond donors (Lipinski definition) is 0. The van der Waals surface area contributed by atoms with Gasteiger partial charge in [-0.05, 0) is 5.56 Å². The van der Waals surface area contributed by atoms with Gasteiger partial charge in [0, 0.05) is 0 Å². The number of benzene rings is 1. The van der Waals surface area contributed by atoms with Crippen LogP contribution >= 0.6 is 0 Å². The van der Waals surface area contributed by atoms with Crippen molar-refractivity contribution in [2.75, 3.05) is 13.7 Å². The van der Waals surface area contributed by atoms with Crippen molar-refractivity contribution in [3.05, 3.63) is 35.9 Å². The van der Waals surface area contributed by atoms with Crippen LogP contribution in [0.15, 0.2) is 30.3 Å². The average Bonchev–Trinajstić information content (AvgIpc) is 2.21. The van der Waals surface area contributed by atoms with Crippen LogP contribution in [0.2, 0.25) is 3.93 Å². The Hall–Kier alpha value is -0.415. The third-order valence-corrected chi connectivity index (χ3v) is 2.48. The van der Waals surface area contributed by atoms with Crippen molar-refractivity contribution >= 4 is 5.97 Å². The van der Waals surface area contributed by atoms with E-state index >= 15 is 0 Å². The van der Waals surface area contributed by atoms with Gasteiger partial charge in [-0.2, -0.15) is 0 Å².